The number of aryl methyl sites for hydroxylation is 1. The Morgan fingerprint density at radius 2 is 1.90 bits per heavy atom. The number of sulfonamides is 1. The van der Waals surface area contributed by atoms with Crippen molar-refractivity contribution in [3.8, 4) is 5.75 Å². The number of amides is 1. The number of benzene rings is 3. The molecule has 4 N–H and O–H groups in total. The largest absolute Gasteiger partial charge is 0.497 e. The van der Waals surface area contributed by atoms with Crippen molar-refractivity contribution in [1.29, 1.82) is 0 Å². The van der Waals surface area contributed by atoms with Crippen LogP contribution >= 0.6 is 0 Å². The number of aromatic amines is 1. The summed E-state index contributed by atoms with van der Waals surface area (Å²) in [5, 5.41) is 19.0. The van der Waals surface area contributed by atoms with Crippen LogP contribution in [0.5, 0.6) is 5.75 Å². The smallest absolute Gasteiger partial charge is 0.335 e. The van der Waals surface area contributed by atoms with Gasteiger partial charge in [-0.15, -0.1) is 0 Å². The van der Waals surface area contributed by atoms with E-state index in [0.29, 0.717) is 25.0 Å². The van der Waals surface area contributed by atoms with E-state index in [1.54, 1.807) is 24.7 Å². The Kier molecular flexibility index (Phi) is 7.93. The highest BCUT2D eigenvalue weighted by Gasteiger charge is 2.36. The standard InChI is InChI=1S/C30H29N3O7S/c1-40-23-7-11-25-22(18-31-27(25)17-23)14-15-33(41(38,39)24-8-4-20(5-9-24)30(35)36)28-12-6-21-16-19(2-10-26(21)28)3-13-29(34)32-37/h2-5,7-11,13,16-18,28,31,37H,6,12,14-15H2,1H3,(H,32,34)(H,35,36). The number of nitrogens with zero attached hydrogens (tertiary/aromatic N) is 1. The van der Waals surface area contributed by atoms with Crippen LogP contribution in [0.1, 0.15) is 45.1 Å². The molecule has 0 fully saturated rings. The minimum Gasteiger partial charge on any atom is -0.497 e. The average Bonchev–Trinajstić information content (AvgIpc) is 3.59. The van der Waals surface area contributed by atoms with E-state index in [0.717, 1.165) is 33.2 Å². The van der Waals surface area contributed by atoms with Crippen LogP contribution in [0.4, 0.5) is 0 Å². The first-order valence-corrected chi connectivity index (χ1v) is 14.4. The topological polar surface area (TPSA) is 149 Å². The molecule has 0 saturated heterocycles. The normalized spacial score (nSPS) is 15.0. The Balaban J connectivity index is 1.49. The third-order valence-corrected chi connectivity index (χ3v) is 9.30. The van der Waals surface area contributed by atoms with Crippen LogP contribution < -0.4 is 10.2 Å². The second-order valence-corrected chi connectivity index (χ2v) is 11.6. The number of fused-ring (bicyclic) bond motifs is 2. The fourth-order valence-corrected chi connectivity index (χ4v) is 6.94. The first kappa shape index (κ1) is 28.1. The summed E-state index contributed by atoms with van der Waals surface area (Å²) < 4.78 is 35.0. The summed E-state index contributed by atoms with van der Waals surface area (Å²) in [6.45, 7) is 0.199. The van der Waals surface area contributed by atoms with E-state index < -0.39 is 27.9 Å². The number of aromatic nitrogens is 1. The highest BCUT2D eigenvalue weighted by Crippen LogP contribution is 2.39. The lowest BCUT2D eigenvalue weighted by molar-refractivity contribution is -0.124. The Hall–Kier alpha value is -4.45. The number of hydrogen-bond acceptors (Lipinski definition) is 6. The number of hydrogen-bond donors (Lipinski definition) is 4. The maximum Gasteiger partial charge on any atom is 0.335 e. The molecule has 1 atom stereocenters. The molecule has 0 spiro atoms. The zero-order chi connectivity index (χ0) is 29.1. The fraction of sp³-hybridized carbons (Fsp3) is 0.200. The number of carboxylic acid groups (broad SMARTS) is 1. The summed E-state index contributed by atoms with van der Waals surface area (Å²) in [7, 11) is -2.41. The highest BCUT2D eigenvalue weighted by atomic mass is 32.2. The van der Waals surface area contributed by atoms with Gasteiger partial charge in [0.25, 0.3) is 5.91 Å². The third-order valence-electron chi connectivity index (χ3n) is 7.38. The number of nitrogens with one attached hydrogen (secondary N) is 2. The zero-order valence-electron chi connectivity index (χ0n) is 22.2. The minimum atomic E-state index is -4.01. The molecular formula is C30H29N3O7S. The van der Waals surface area contributed by atoms with Gasteiger partial charge in [-0.1, -0.05) is 18.2 Å². The molecule has 0 saturated carbocycles. The van der Waals surface area contributed by atoms with E-state index in [1.807, 2.05) is 36.5 Å². The molecule has 4 aromatic rings. The number of carbonyl (C=O) groups is 2. The van der Waals surface area contributed by atoms with Gasteiger partial charge < -0.3 is 14.8 Å². The summed E-state index contributed by atoms with van der Waals surface area (Å²) in [6.07, 6.45) is 6.32. The van der Waals surface area contributed by atoms with Crippen molar-refractivity contribution < 1.29 is 33.1 Å². The first-order chi connectivity index (χ1) is 19.7. The lowest BCUT2D eigenvalue weighted by Gasteiger charge is -2.29. The van der Waals surface area contributed by atoms with Crippen molar-refractivity contribution in [2.24, 2.45) is 0 Å². The molecule has 212 valence electrons. The van der Waals surface area contributed by atoms with Crippen LogP contribution in [0, 0.1) is 0 Å². The molecule has 0 aliphatic heterocycles. The van der Waals surface area contributed by atoms with Crippen LogP contribution in [0.25, 0.3) is 17.0 Å². The van der Waals surface area contributed by atoms with Crippen molar-refractivity contribution in [2.75, 3.05) is 13.7 Å². The fourth-order valence-electron chi connectivity index (χ4n) is 5.31. The summed E-state index contributed by atoms with van der Waals surface area (Å²) in [4.78, 5) is 26.0. The first-order valence-electron chi connectivity index (χ1n) is 13.0. The van der Waals surface area contributed by atoms with Gasteiger partial charge in [0, 0.05) is 35.8 Å². The van der Waals surface area contributed by atoms with E-state index >= 15 is 0 Å². The van der Waals surface area contributed by atoms with Gasteiger partial charge >= 0.3 is 5.97 Å². The number of carbonyl (C=O) groups excluding carboxylic acids is 1. The van der Waals surface area contributed by atoms with Crippen LogP contribution in [0.2, 0.25) is 0 Å². The number of hydroxylamine groups is 1. The Morgan fingerprint density at radius 1 is 1.12 bits per heavy atom. The van der Waals surface area contributed by atoms with E-state index in [2.05, 4.69) is 4.98 Å². The predicted molar refractivity (Wildman–Crippen MR) is 152 cm³/mol. The Morgan fingerprint density at radius 3 is 2.61 bits per heavy atom. The zero-order valence-corrected chi connectivity index (χ0v) is 23.0. The van der Waals surface area contributed by atoms with Crippen LogP contribution in [0.3, 0.4) is 0 Å². The molecule has 5 rings (SSSR count). The van der Waals surface area contributed by atoms with Crippen LogP contribution in [0.15, 0.2) is 77.8 Å². The van der Waals surface area contributed by atoms with E-state index in [9.17, 15) is 23.1 Å². The number of H-pyrrole nitrogens is 1. The summed E-state index contributed by atoms with van der Waals surface area (Å²) in [5.41, 5.74) is 6.01. The van der Waals surface area contributed by atoms with Crippen LogP contribution in [-0.2, 0) is 27.7 Å². The number of aromatic carboxylic acids is 1. The number of ether oxygens (including phenoxy) is 1. The van der Waals surface area contributed by atoms with Crippen molar-refractivity contribution in [2.45, 2.75) is 30.2 Å². The maximum atomic E-state index is 14.1. The second-order valence-electron chi connectivity index (χ2n) is 9.74. The summed E-state index contributed by atoms with van der Waals surface area (Å²) in [6, 6.07) is 16.1. The second kappa shape index (κ2) is 11.6. The molecule has 0 radical (unpaired) electrons. The summed E-state index contributed by atoms with van der Waals surface area (Å²) >= 11 is 0. The van der Waals surface area contributed by atoms with Gasteiger partial charge in [0.1, 0.15) is 5.75 Å². The minimum absolute atomic E-state index is 0.00592. The van der Waals surface area contributed by atoms with Crippen molar-refractivity contribution in [1.82, 2.24) is 14.8 Å². The molecule has 41 heavy (non-hydrogen) atoms. The number of rotatable bonds is 10. The molecule has 1 aliphatic carbocycles. The van der Waals surface area contributed by atoms with Gasteiger partial charge in [-0.2, -0.15) is 4.31 Å². The molecule has 11 heteroatoms. The quantitative estimate of drug-likeness (QED) is 0.125. The van der Waals surface area contributed by atoms with Gasteiger partial charge in [0.15, 0.2) is 0 Å². The molecular weight excluding hydrogens is 546 g/mol. The van der Waals surface area contributed by atoms with E-state index in [-0.39, 0.29) is 17.0 Å². The molecule has 3 aromatic carbocycles. The van der Waals surface area contributed by atoms with Crippen molar-refractivity contribution in [3.05, 3.63) is 101 Å². The maximum absolute atomic E-state index is 14.1. The van der Waals surface area contributed by atoms with Gasteiger partial charge in [0.2, 0.25) is 10.0 Å². The SMILES string of the molecule is COc1ccc2c(CCN(C3CCc4cc(C=CC(=O)NO)ccc43)S(=O)(=O)c3ccc(C(=O)O)cc3)c[nH]c2c1. The molecule has 10 nitrogen and oxygen atoms in total. The lowest BCUT2D eigenvalue weighted by Crippen LogP contribution is -2.35. The highest BCUT2D eigenvalue weighted by molar-refractivity contribution is 7.89. The number of methoxy groups -OCH3 is 1. The van der Waals surface area contributed by atoms with E-state index in [4.69, 9.17) is 9.94 Å². The predicted octanol–water partition coefficient (Wildman–Crippen LogP) is 4.31. The third kappa shape index (κ3) is 5.73. The van der Waals surface area contributed by atoms with E-state index in [1.165, 1.54) is 34.6 Å². The van der Waals surface area contributed by atoms with Gasteiger partial charge in [0.05, 0.1) is 23.6 Å². The molecule has 1 heterocycles. The molecule has 1 amide bonds. The van der Waals surface area contributed by atoms with Gasteiger partial charge in [-0.3, -0.25) is 10.0 Å². The van der Waals surface area contributed by atoms with Gasteiger partial charge in [-0.25, -0.2) is 18.7 Å². The van der Waals surface area contributed by atoms with Crippen LogP contribution in [-0.4, -0.2) is 53.6 Å². The van der Waals surface area contributed by atoms with Crippen molar-refractivity contribution >= 4 is 38.9 Å². The van der Waals surface area contributed by atoms with Crippen molar-refractivity contribution in [3.63, 3.8) is 0 Å². The molecule has 1 aromatic heterocycles. The summed E-state index contributed by atoms with van der Waals surface area (Å²) in [5.74, 6) is -1.06. The van der Waals surface area contributed by atoms with Gasteiger partial charge in [-0.05, 0) is 84.0 Å². The monoisotopic (exact) mass is 575 g/mol. The Labute approximate surface area is 236 Å². The average molecular weight is 576 g/mol. The molecule has 0 bridgehead atoms. The molecule has 1 unspecified atom stereocenters. The molecule has 1 aliphatic rings. The lowest BCUT2D eigenvalue weighted by atomic mass is 10.0. The number of carboxylic acids is 1. The Bertz CT molecular complexity index is 1740.